The minimum absolute atomic E-state index is 0.116. The predicted molar refractivity (Wildman–Crippen MR) is 59.8 cm³/mol. The Morgan fingerprint density at radius 3 is 2.56 bits per heavy atom. The maximum Gasteiger partial charge on any atom is 0.410 e. The summed E-state index contributed by atoms with van der Waals surface area (Å²) < 4.78 is 31.6. The summed E-state index contributed by atoms with van der Waals surface area (Å²) in [6, 6.07) is 0. The zero-order valence-electron chi connectivity index (χ0n) is 9.39. The van der Waals surface area contributed by atoms with Crippen LogP contribution in [0, 0.1) is 0 Å². The highest BCUT2D eigenvalue weighted by molar-refractivity contribution is 9.11. The predicted octanol–water partition coefficient (Wildman–Crippen LogP) is 3.15. The van der Waals surface area contributed by atoms with Gasteiger partial charge in [0.25, 0.3) is 5.92 Å². The van der Waals surface area contributed by atoms with E-state index in [1.165, 1.54) is 0 Å². The summed E-state index contributed by atoms with van der Waals surface area (Å²) >= 11 is 2.98. The minimum atomic E-state index is -3.01. The van der Waals surface area contributed by atoms with Crippen LogP contribution >= 0.6 is 15.9 Å². The Kier molecular flexibility index (Phi) is 3.62. The van der Waals surface area contributed by atoms with E-state index >= 15 is 0 Å². The van der Waals surface area contributed by atoms with Gasteiger partial charge in [0.1, 0.15) is 5.60 Å². The molecule has 1 aliphatic heterocycles. The van der Waals surface area contributed by atoms with Gasteiger partial charge < -0.3 is 4.74 Å². The number of carbonyl (C=O) groups is 1. The number of rotatable bonds is 0. The summed E-state index contributed by atoms with van der Waals surface area (Å²) in [6.45, 7) is 4.55. The second-order valence-corrected chi connectivity index (χ2v) is 5.71. The Balaban J connectivity index is 2.70. The maximum atomic E-state index is 13.1. The molecule has 92 valence electrons. The van der Waals surface area contributed by atoms with Gasteiger partial charge in [0, 0.05) is 4.48 Å². The fourth-order valence-electron chi connectivity index (χ4n) is 1.27. The number of hydrogen-bond donors (Lipinski definition) is 0. The lowest BCUT2D eigenvalue weighted by molar-refractivity contribution is -0.0166. The molecule has 0 bridgehead atoms. The van der Waals surface area contributed by atoms with Crippen LogP contribution in [0.25, 0.3) is 0 Å². The third-order valence-corrected chi connectivity index (χ3v) is 2.24. The van der Waals surface area contributed by atoms with Crippen molar-refractivity contribution in [2.24, 2.45) is 0 Å². The molecule has 16 heavy (non-hydrogen) atoms. The van der Waals surface area contributed by atoms with Crippen LogP contribution in [0.3, 0.4) is 0 Å². The summed E-state index contributed by atoms with van der Waals surface area (Å²) in [6.07, 6.45) is 0.0886. The van der Waals surface area contributed by atoms with E-state index in [0.29, 0.717) is 0 Å². The molecule has 0 radical (unpaired) electrons. The molecule has 0 saturated carbocycles. The minimum Gasteiger partial charge on any atom is -0.444 e. The molecule has 0 fully saturated rings. The van der Waals surface area contributed by atoms with Crippen LogP contribution in [0.15, 0.2) is 10.6 Å². The first-order chi connectivity index (χ1) is 7.09. The topological polar surface area (TPSA) is 29.5 Å². The van der Waals surface area contributed by atoms with Gasteiger partial charge in [-0.05, 0) is 26.8 Å². The molecule has 0 aromatic carbocycles. The van der Waals surface area contributed by atoms with Gasteiger partial charge >= 0.3 is 6.09 Å². The standard InChI is InChI=1S/C10H14BrF2NO2/c1-9(2,3)16-8(15)14-5-7(11)4-10(12,13)6-14/h4H,5-6H2,1-3H3. The molecule has 0 aromatic heterocycles. The Morgan fingerprint density at radius 2 is 2.12 bits per heavy atom. The summed E-state index contributed by atoms with van der Waals surface area (Å²) in [5.74, 6) is -3.01. The summed E-state index contributed by atoms with van der Waals surface area (Å²) in [5.41, 5.74) is -0.681. The van der Waals surface area contributed by atoms with Gasteiger partial charge in [0.15, 0.2) is 0 Å². The Labute approximate surface area is 102 Å². The largest absolute Gasteiger partial charge is 0.444 e. The van der Waals surface area contributed by atoms with Crippen molar-refractivity contribution in [1.29, 1.82) is 0 Å². The van der Waals surface area contributed by atoms with E-state index in [0.717, 1.165) is 11.0 Å². The molecule has 0 aliphatic carbocycles. The summed E-state index contributed by atoms with van der Waals surface area (Å²) in [4.78, 5) is 12.6. The number of carbonyl (C=O) groups excluding carboxylic acids is 1. The normalized spacial score (nSPS) is 20.4. The van der Waals surface area contributed by atoms with Gasteiger partial charge in [-0.1, -0.05) is 15.9 Å². The van der Waals surface area contributed by atoms with Crippen molar-refractivity contribution in [3.8, 4) is 0 Å². The SMILES string of the molecule is CC(C)(C)OC(=O)N1CC(Br)=CC(F)(F)C1. The summed E-state index contributed by atoms with van der Waals surface area (Å²) in [5, 5.41) is 0. The Morgan fingerprint density at radius 1 is 1.56 bits per heavy atom. The number of alkyl halides is 2. The smallest absolute Gasteiger partial charge is 0.410 e. The first-order valence-corrected chi connectivity index (χ1v) is 5.61. The van der Waals surface area contributed by atoms with Crippen molar-refractivity contribution in [1.82, 2.24) is 4.90 Å². The second-order valence-electron chi connectivity index (χ2n) is 4.69. The molecule has 1 amide bonds. The van der Waals surface area contributed by atoms with E-state index in [-0.39, 0.29) is 11.0 Å². The average Bonchev–Trinajstić information content (AvgIpc) is 1.96. The van der Waals surface area contributed by atoms with Crippen LogP contribution < -0.4 is 0 Å². The average molecular weight is 298 g/mol. The molecule has 1 rings (SSSR count). The lowest BCUT2D eigenvalue weighted by atomic mass is 10.2. The van der Waals surface area contributed by atoms with Crippen molar-refractivity contribution in [3.05, 3.63) is 10.6 Å². The molecular weight excluding hydrogens is 284 g/mol. The van der Waals surface area contributed by atoms with Crippen LogP contribution in [-0.2, 0) is 4.74 Å². The monoisotopic (exact) mass is 297 g/mol. The zero-order chi connectivity index (χ0) is 12.6. The summed E-state index contributed by atoms with van der Waals surface area (Å²) in [7, 11) is 0. The van der Waals surface area contributed by atoms with Gasteiger partial charge in [-0.2, -0.15) is 8.78 Å². The second kappa shape index (κ2) is 4.31. The van der Waals surface area contributed by atoms with E-state index in [9.17, 15) is 13.6 Å². The molecule has 1 heterocycles. The fraction of sp³-hybridized carbons (Fsp3) is 0.700. The van der Waals surface area contributed by atoms with Gasteiger partial charge in [-0.25, -0.2) is 4.79 Å². The van der Waals surface area contributed by atoms with E-state index in [1.54, 1.807) is 20.8 Å². The molecule has 0 unspecified atom stereocenters. The van der Waals surface area contributed by atoms with E-state index in [4.69, 9.17) is 4.74 Å². The Hall–Kier alpha value is -0.650. The number of halogens is 3. The molecule has 0 atom stereocenters. The fourth-order valence-corrected chi connectivity index (χ4v) is 1.91. The van der Waals surface area contributed by atoms with Crippen LogP contribution in [-0.4, -0.2) is 35.6 Å². The molecule has 0 saturated heterocycles. The van der Waals surface area contributed by atoms with Crippen molar-refractivity contribution >= 4 is 22.0 Å². The first-order valence-electron chi connectivity index (χ1n) is 4.82. The van der Waals surface area contributed by atoms with Crippen LogP contribution in [0.1, 0.15) is 20.8 Å². The number of amides is 1. The van der Waals surface area contributed by atoms with Crippen LogP contribution in [0.2, 0.25) is 0 Å². The molecule has 0 spiro atoms. The van der Waals surface area contributed by atoms with Crippen LogP contribution in [0.5, 0.6) is 0 Å². The molecule has 1 aliphatic rings. The van der Waals surface area contributed by atoms with Gasteiger partial charge in [-0.15, -0.1) is 0 Å². The van der Waals surface area contributed by atoms with E-state index < -0.39 is 24.2 Å². The van der Waals surface area contributed by atoms with Crippen molar-refractivity contribution in [2.45, 2.75) is 32.3 Å². The van der Waals surface area contributed by atoms with Crippen molar-refractivity contribution in [3.63, 3.8) is 0 Å². The lowest BCUT2D eigenvalue weighted by Crippen LogP contribution is -2.46. The molecule has 0 N–H and O–H groups in total. The first kappa shape index (κ1) is 13.4. The quantitative estimate of drug-likeness (QED) is 0.687. The third-order valence-electron chi connectivity index (χ3n) is 1.76. The highest BCUT2D eigenvalue weighted by atomic mass is 79.9. The van der Waals surface area contributed by atoms with Crippen molar-refractivity contribution < 1.29 is 18.3 Å². The molecular formula is C10H14BrF2NO2. The van der Waals surface area contributed by atoms with Gasteiger partial charge in [-0.3, -0.25) is 4.90 Å². The van der Waals surface area contributed by atoms with Gasteiger partial charge in [0.2, 0.25) is 0 Å². The van der Waals surface area contributed by atoms with Gasteiger partial charge in [0.05, 0.1) is 13.1 Å². The lowest BCUT2D eigenvalue weighted by Gasteiger charge is -2.32. The highest BCUT2D eigenvalue weighted by Gasteiger charge is 2.37. The third kappa shape index (κ3) is 4.08. The Bertz CT molecular complexity index is 323. The highest BCUT2D eigenvalue weighted by Crippen LogP contribution is 2.28. The number of nitrogens with zero attached hydrogens (tertiary/aromatic N) is 1. The number of ether oxygens (including phenoxy) is 1. The van der Waals surface area contributed by atoms with Crippen molar-refractivity contribution in [2.75, 3.05) is 13.1 Å². The van der Waals surface area contributed by atoms with E-state index in [2.05, 4.69) is 15.9 Å². The molecule has 3 nitrogen and oxygen atoms in total. The molecule has 6 heteroatoms. The maximum absolute atomic E-state index is 13.1. The molecule has 0 aromatic rings. The van der Waals surface area contributed by atoms with Crippen LogP contribution in [0.4, 0.5) is 13.6 Å². The number of hydrogen-bond acceptors (Lipinski definition) is 2. The zero-order valence-corrected chi connectivity index (χ0v) is 11.0. The van der Waals surface area contributed by atoms with E-state index in [1.807, 2.05) is 0 Å².